The van der Waals surface area contributed by atoms with Gasteiger partial charge in [-0.1, -0.05) is 23.7 Å². The first-order valence-electron chi connectivity index (χ1n) is 8.56. The SMILES string of the molecule is Cl.Clc1cccc(C2CNCCN2Cc2cnc(C3CCCO3)s2)c1. The molecule has 7 heteroatoms. The van der Waals surface area contributed by atoms with E-state index in [1.165, 1.54) is 10.4 Å². The number of hydrogen-bond donors (Lipinski definition) is 1. The first-order valence-corrected chi connectivity index (χ1v) is 9.75. The molecular formula is C18H23Cl2N3OS. The van der Waals surface area contributed by atoms with E-state index in [0.29, 0.717) is 6.04 Å². The lowest BCUT2D eigenvalue weighted by Crippen LogP contribution is -2.45. The smallest absolute Gasteiger partial charge is 0.122 e. The van der Waals surface area contributed by atoms with E-state index in [9.17, 15) is 0 Å². The molecule has 2 saturated heterocycles. The molecule has 1 aromatic heterocycles. The predicted molar refractivity (Wildman–Crippen MR) is 105 cm³/mol. The maximum absolute atomic E-state index is 6.19. The van der Waals surface area contributed by atoms with Crippen LogP contribution in [0.2, 0.25) is 5.02 Å². The fourth-order valence-corrected chi connectivity index (χ4v) is 4.72. The van der Waals surface area contributed by atoms with E-state index in [2.05, 4.69) is 27.3 Å². The maximum Gasteiger partial charge on any atom is 0.122 e. The molecule has 2 fully saturated rings. The Hall–Kier alpha value is -0.690. The Labute approximate surface area is 164 Å². The number of halogens is 2. The Kier molecular flexibility index (Phi) is 6.72. The van der Waals surface area contributed by atoms with Crippen molar-refractivity contribution in [2.75, 3.05) is 26.2 Å². The van der Waals surface area contributed by atoms with Gasteiger partial charge in [-0.3, -0.25) is 4.90 Å². The zero-order valence-electron chi connectivity index (χ0n) is 14.0. The number of piperazine rings is 1. The lowest BCUT2D eigenvalue weighted by molar-refractivity contribution is 0.111. The molecule has 2 aliphatic heterocycles. The van der Waals surface area contributed by atoms with E-state index in [1.54, 1.807) is 11.3 Å². The first-order chi connectivity index (χ1) is 11.8. The van der Waals surface area contributed by atoms with E-state index in [0.717, 1.165) is 55.7 Å². The number of aromatic nitrogens is 1. The number of rotatable bonds is 4. The monoisotopic (exact) mass is 399 g/mol. The van der Waals surface area contributed by atoms with Gasteiger partial charge in [0.05, 0.1) is 0 Å². The van der Waals surface area contributed by atoms with Gasteiger partial charge in [0.25, 0.3) is 0 Å². The quantitative estimate of drug-likeness (QED) is 0.834. The summed E-state index contributed by atoms with van der Waals surface area (Å²) in [6.45, 7) is 4.81. The summed E-state index contributed by atoms with van der Waals surface area (Å²) >= 11 is 7.99. The van der Waals surface area contributed by atoms with Crippen molar-refractivity contribution in [3.8, 4) is 0 Å². The molecule has 1 N–H and O–H groups in total. The topological polar surface area (TPSA) is 37.4 Å². The van der Waals surface area contributed by atoms with Crippen LogP contribution in [-0.4, -0.2) is 36.1 Å². The van der Waals surface area contributed by atoms with Gasteiger partial charge in [0.2, 0.25) is 0 Å². The van der Waals surface area contributed by atoms with Crippen LogP contribution in [0.5, 0.6) is 0 Å². The molecule has 0 amide bonds. The van der Waals surface area contributed by atoms with Crippen LogP contribution in [0, 0.1) is 0 Å². The van der Waals surface area contributed by atoms with Gasteiger partial charge in [-0.15, -0.1) is 23.7 Å². The second-order valence-electron chi connectivity index (χ2n) is 6.41. The van der Waals surface area contributed by atoms with E-state index in [4.69, 9.17) is 16.3 Å². The minimum atomic E-state index is 0. The molecule has 25 heavy (non-hydrogen) atoms. The van der Waals surface area contributed by atoms with Gasteiger partial charge in [-0.2, -0.15) is 0 Å². The number of benzene rings is 1. The van der Waals surface area contributed by atoms with Crippen molar-refractivity contribution in [2.24, 2.45) is 0 Å². The molecule has 0 saturated carbocycles. The largest absolute Gasteiger partial charge is 0.371 e. The van der Waals surface area contributed by atoms with Crippen LogP contribution in [0.25, 0.3) is 0 Å². The molecule has 4 nitrogen and oxygen atoms in total. The maximum atomic E-state index is 6.19. The van der Waals surface area contributed by atoms with Crippen LogP contribution in [0.3, 0.4) is 0 Å². The number of nitrogens with one attached hydrogen (secondary N) is 1. The third kappa shape index (κ3) is 4.54. The minimum Gasteiger partial charge on any atom is -0.371 e. The molecule has 0 bridgehead atoms. The summed E-state index contributed by atoms with van der Waals surface area (Å²) in [5.74, 6) is 0. The van der Waals surface area contributed by atoms with Gasteiger partial charge in [0.1, 0.15) is 11.1 Å². The van der Waals surface area contributed by atoms with Crippen LogP contribution in [0.4, 0.5) is 0 Å². The summed E-state index contributed by atoms with van der Waals surface area (Å²) in [5, 5.41) is 5.44. The number of thiazole rings is 1. The van der Waals surface area contributed by atoms with Crippen molar-refractivity contribution in [1.82, 2.24) is 15.2 Å². The molecular weight excluding hydrogens is 377 g/mol. The highest BCUT2D eigenvalue weighted by Gasteiger charge is 2.26. The fourth-order valence-electron chi connectivity index (χ4n) is 3.50. The van der Waals surface area contributed by atoms with Crippen LogP contribution in [0.1, 0.15) is 40.4 Å². The summed E-state index contributed by atoms with van der Waals surface area (Å²) < 4.78 is 5.76. The minimum absolute atomic E-state index is 0. The van der Waals surface area contributed by atoms with Crippen LogP contribution in [0.15, 0.2) is 30.5 Å². The van der Waals surface area contributed by atoms with Crippen molar-refractivity contribution in [2.45, 2.75) is 31.5 Å². The number of hydrogen-bond acceptors (Lipinski definition) is 5. The average molecular weight is 400 g/mol. The Balaban J connectivity index is 0.00000182. The van der Waals surface area contributed by atoms with Crippen molar-refractivity contribution in [3.63, 3.8) is 0 Å². The normalized spacial score (nSPS) is 24.2. The molecule has 1 aromatic carbocycles. The highest BCUT2D eigenvalue weighted by Crippen LogP contribution is 2.33. The average Bonchev–Trinajstić information content (AvgIpc) is 3.26. The highest BCUT2D eigenvalue weighted by atomic mass is 35.5. The standard InChI is InChI=1S/C18H22ClN3OS.ClH/c19-14-4-1-3-13(9-14)16-11-20-6-7-22(16)12-15-10-21-18(24-15)17-5-2-8-23-17;/h1,3-4,9-10,16-17,20H,2,5-8,11-12H2;1H. The molecule has 136 valence electrons. The Morgan fingerprint density at radius 2 is 2.32 bits per heavy atom. The number of nitrogens with zero attached hydrogens (tertiary/aromatic N) is 2. The predicted octanol–water partition coefficient (Wildman–Crippen LogP) is 4.22. The van der Waals surface area contributed by atoms with Crippen molar-refractivity contribution in [1.29, 1.82) is 0 Å². The summed E-state index contributed by atoms with van der Waals surface area (Å²) in [7, 11) is 0. The lowest BCUT2D eigenvalue weighted by Gasteiger charge is -2.36. The summed E-state index contributed by atoms with van der Waals surface area (Å²) in [4.78, 5) is 8.44. The van der Waals surface area contributed by atoms with Gasteiger partial charge in [0, 0.05) is 54.9 Å². The Morgan fingerprint density at radius 3 is 3.12 bits per heavy atom. The molecule has 3 heterocycles. The first kappa shape index (κ1) is 19.1. The third-order valence-corrected chi connectivity index (χ3v) is 6.03. The van der Waals surface area contributed by atoms with Gasteiger partial charge < -0.3 is 10.1 Å². The van der Waals surface area contributed by atoms with Crippen molar-refractivity contribution in [3.05, 3.63) is 50.9 Å². The van der Waals surface area contributed by atoms with Crippen LogP contribution in [-0.2, 0) is 11.3 Å². The van der Waals surface area contributed by atoms with Crippen molar-refractivity contribution < 1.29 is 4.74 Å². The van der Waals surface area contributed by atoms with E-state index in [1.807, 2.05) is 18.3 Å². The summed E-state index contributed by atoms with van der Waals surface area (Å²) in [5.41, 5.74) is 1.28. The van der Waals surface area contributed by atoms with Gasteiger partial charge in [-0.25, -0.2) is 4.98 Å². The molecule has 0 radical (unpaired) electrons. The molecule has 0 aliphatic carbocycles. The molecule has 2 aliphatic rings. The van der Waals surface area contributed by atoms with Gasteiger partial charge in [0.15, 0.2) is 0 Å². The molecule has 2 unspecified atom stereocenters. The molecule has 4 rings (SSSR count). The van der Waals surface area contributed by atoms with E-state index < -0.39 is 0 Å². The molecule has 0 spiro atoms. The Morgan fingerprint density at radius 1 is 1.40 bits per heavy atom. The fraction of sp³-hybridized carbons (Fsp3) is 0.500. The van der Waals surface area contributed by atoms with Crippen molar-refractivity contribution >= 4 is 35.3 Å². The number of ether oxygens (including phenoxy) is 1. The van der Waals surface area contributed by atoms with Gasteiger partial charge in [-0.05, 0) is 30.5 Å². The lowest BCUT2D eigenvalue weighted by atomic mass is 10.0. The zero-order valence-corrected chi connectivity index (χ0v) is 16.4. The van der Waals surface area contributed by atoms with Crippen LogP contribution < -0.4 is 5.32 Å². The Bertz CT molecular complexity index is 690. The van der Waals surface area contributed by atoms with Crippen LogP contribution >= 0.6 is 35.3 Å². The van der Waals surface area contributed by atoms with E-state index in [-0.39, 0.29) is 18.5 Å². The van der Waals surface area contributed by atoms with Gasteiger partial charge >= 0.3 is 0 Å². The highest BCUT2D eigenvalue weighted by molar-refractivity contribution is 7.11. The zero-order chi connectivity index (χ0) is 16.4. The second kappa shape index (κ2) is 8.80. The van der Waals surface area contributed by atoms with E-state index >= 15 is 0 Å². The molecule has 2 atom stereocenters. The third-order valence-electron chi connectivity index (χ3n) is 4.72. The summed E-state index contributed by atoms with van der Waals surface area (Å²) in [6, 6.07) is 8.57. The second-order valence-corrected chi connectivity index (χ2v) is 8.00. The summed E-state index contributed by atoms with van der Waals surface area (Å²) in [6.07, 6.45) is 4.49. The molecule has 2 aromatic rings.